The fourth-order valence-corrected chi connectivity index (χ4v) is 1.80. The molecule has 0 radical (unpaired) electrons. The molecule has 0 unspecified atom stereocenters. The van der Waals surface area contributed by atoms with E-state index in [9.17, 15) is 9.18 Å². The SMILES string of the molecule is Cc1ccc(C=NNC(=O)c2ccc(F)cc2)c(C)c1. The van der Waals surface area contributed by atoms with Crippen molar-refractivity contribution in [1.82, 2.24) is 5.43 Å². The number of nitrogens with zero attached hydrogens (tertiary/aromatic N) is 1. The van der Waals surface area contributed by atoms with Crippen LogP contribution in [0.5, 0.6) is 0 Å². The van der Waals surface area contributed by atoms with E-state index in [2.05, 4.69) is 10.5 Å². The van der Waals surface area contributed by atoms with Crippen molar-refractivity contribution in [3.05, 3.63) is 70.5 Å². The zero-order valence-electron chi connectivity index (χ0n) is 11.4. The molecule has 4 heteroatoms. The van der Waals surface area contributed by atoms with Crippen molar-refractivity contribution < 1.29 is 9.18 Å². The van der Waals surface area contributed by atoms with Crippen molar-refractivity contribution >= 4 is 12.1 Å². The fourth-order valence-electron chi connectivity index (χ4n) is 1.80. The first-order valence-corrected chi connectivity index (χ1v) is 6.22. The van der Waals surface area contributed by atoms with Crippen molar-refractivity contribution in [1.29, 1.82) is 0 Å². The molecule has 0 heterocycles. The minimum absolute atomic E-state index is 0.365. The largest absolute Gasteiger partial charge is 0.271 e. The molecule has 102 valence electrons. The summed E-state index contributed by atoms with van der Waals surface area (Å²) in [6, 6.07) is 11.3. The van der Waals surface area contributed by atoms with Crippen molar-refractivity contribution in [3.8, 4) is 0 Å². The van der Waals surface area contributed by atoms with Crippen LogP contribution in [0.2, 0.25) is 0 Å². The van der Waals surface area contributed by atoms with E-state index in [1.54, 1.807) is 6.21 Å². The van der Waals surface area contributed by atoms with Crippen LogP contribution in [0.15, 0.2) is 47.6 Å². The standard InChI is InChI=1S/C16H15FN2O/c1-11-3-4-14(12(2)9-11)10-18-19-16(20)13-5-7-15(17)8-6-13/h3-10H,1-2H3,(H,19,20). The summed E-state index contributed by atoms with van der Waals surface area (Å²) in [4.78, 5) is 11.7. The number of halogens is 1. The summed E-state index contributed by atoms with van der Waals surface area (Å²) in [6.07, 6.45) is 1.59. The highest BCUT2D eigenvalue weighted by molar-refractivity contribution is 5.94. The summed E-state index contributed by atoms with van der Waals surface area (Å²) < 4.78 is 12.7. The lowest BCUT2D eigenvalue weighted by atomic mass is 10.1. The number of carbonyl (C=O) groups excluding carboxylic acids is 1. The number of hydrogen-bond donors (Lipinski definition) is 1. The van der Waals surface area contributed by atoms with E-state index in [0.717, 1.165) is 11.1 Å². The average Bonchev–Trinajstić information content (AvgIpc) is 2.42. The Labute approximate surface area is 117 Å². The number of amides is 1. The van der Waals surface area contributed by atoms with E-state index in [1.807, 2.05) is 32.0 Å². The quantitative estimate of drug-likeness (QED) is 0.675. The monoisotopic (exact) mass is 270 g/mol. The Hall–Kier alpha value is -2.49. The molecular weight excluding hydrogens is 255 g/mol. The molecule has 1 amide bonds. The average molecular weight is 270 g/mol. The lowest BCUT2D eigenvalue weighted by Crippen LogP contribution is -2.17. The second kappa shape index (κ2) is 6.10. The van der Waals surface area contributed by atoms with Crippen LogP contribution in [0.25, 0.3) is 0 Å². The predicted molar refractivity (Wildman–Crippen MR) is 77.4 cm³/mol. The molecule has 2 aromatic rings. The van der Waals surface area contributed by atoms with E-state index in [-0.39, 0.29) is 11.7 Å². The molecule has 0 aliphatic carbocycles. The van der Waals surface area contributed by atoms with Gasteiger partial charge in [-0.15, -0.1) is 0 Å². The van der Waals surface area contributed by atoms with Gasteiger partial charge in [0.1, 0.15) is 5.82 Å². The predicted octanol–water partition coefficient (Wildman–Crippen LogP) is 3.21. The molecule has 2 aromatic carbocycles. The van der Waals surface area contributed by atoms with Gasteiger partial charge >= 0.3 is 0 Å². The van der Waals surface area contributed by atoms with Crippen LogP contribution in [0.3, 0.4) is 0 Å². The Kier molecular flexibility index (Phi) is 4.25. The van der Waals surface area contributed by atoms with Gasteiger partial charge in [0, 0.05) is 5.56 Å². The fraction of sp³-hybridized carbons (Fsp3) is 0.125. The molecule has 0 bridgehead atoms. The summed E-state index contributed by atoms with van der Waals surface area (Å²) in [5.74, 6) is -0.744. The summed E-state index contributed by atoms with van der Waals surface area (Å²) in [6.45, 7) is 4.00. The van der Waals surface area contributed by atoms with Crippen LogP contribution in [0.4, 0.5) is 4.39 Å². The van der Waals surface area contributed by atoms with Gasteiger partial charge < -0.3 is 0 Å². The Bertz CT molecular complexity index is 648. The molecular formula is C16H15FN2O. The van der Waals surface area contributed by atoms with Gasteiger partial charge in [0.15, 0.2) is 0 Å². The first-order chi connectivity index (χ1) is 9.56. The lowest BCUT2D eigenvalue weighted by Gasteiger charge is -2.02. The Morgan fingerprint density at radius 1 is 1.15 bits per heavy atom. The van der Waals surface area contributed by atoms with Gasteiger partial charge in [-0.3, -0.25) is 4.79 Å². The zero-order chi connectivity index (χ0) is 14.5. The molecule has 2 rings (SSSR count). The molecule has 0 atom stereocenters. The summed E-state index contributed by atoms with van der Waals surface area (Å²) in [5.41, 5.74) is 5.99. The third-order valence-corrected chi connectivity index (χ3v) is 2.90. The number of hydrogen-bond acceptors (Lipinski definition) is 2. The van der Waals surface area contributed by atoms with E-state index in [1.165, 1.54) is 29.8 Å². The van der Waals surface area contributed by atoms with Gasteiger partial charge in [-0.25, -0.2) is 9.82 Å². The van der Waals surface area contributed by atoms with Crippen LogP contribution in [-0.2, 0) is 0 Å². The van der Waals surface area contributed by atoms with Crippen LogP contribution in [-0.4, -0.2) is 12.1 Å². The molecule has 0 saturated heterocycles. The highest BCUT2D eigenvalue weighted by Crippen LogP contribution is 2.08. The molecule has 0 saturated carbocycles. The first kappa shape index (κ1) is 13.9. The maximum Gasteiger partial charge on any atom is 0.271 e. The Morgan fingerprint density at radius 3 is 2.50 bits per heavy atom. The van der Waals surface area contributed by atoms with Gasteiger partial charge in [0.25, 0.3) is 5.91 Å². The summed E-state index contributed by atoms with van der Waals surface area (Å²) >= 11 is 0. The molecule has 1 N–H and O–H groups in total. The first-order valence-electron chi connectivity index (χ1n) is 6.22. The molecule has 20 heavy (non-hydrogen) atoms. The highest BCUT2D eigenvalue weighted by Gasteiger charge is 2.03. The van der Waals surface area contributed by atoms with Crippen molar-refractivity contribution in [2.45, 2.75) is 13.8 Å². The third kappa shape index (κ3) is 3.51. The van der Waals surface area contributed by atoms with E-state index in [4.69, 9.17) is 0 Å². The van der Waals surface area contributed by atoms with E-state index in [0.29, 0.717) is 5.56 Å². The van der Waals surface area contributed by atoms with E-state index < -0.39 is 0 Å². The van der Waals surface area contributed by atoms with Crippen molar-refractivity contribution in [2.75, 3.05) is 0 Å². The topological polar surface area (TPSA) is 41.5 Å². The summed E-state index contributed by atoms with van der Waals surface area (Å²) in [5, 5.41) is 3.91. The minimum atomic E-state index is -0.375. The molecule has 0 aliphatic heterocycles. The Balaban J connectivity index is 2.02. The van der Waals surface area contributed by atoms with Gasteiger partial charge in [-0.05, 0) is 49.2 Å². The zero-order valence-corrected chi connectivity index (χ0v) is 11.4. The maximum absolute atomic E-state index is 12.7. The maximum atomic E-state index is 12.7. The molecule has 0 aliphatic rings. The normalized spacial score (nSPS) is 10.8. The molecule has 0 fully saturated rings. The molecule has 0 spiro atoms. The van der Waals surface area contributed by atoms with Gasteiger partial charge in [-0.1, -0.05) is 23.8 Å². The van der Waals surface area contributed by atoms with Crippen molar-refractivity contribution in [3.63, 3.8) is 0 Å². The van der Waals surface area contributed by atoms with Crippen LogP contribution >= 0.6 is 0 Å². The number of aryl methyl sites for hydroxylation is 2. The van der Waals surface area contributed by atoms with Gasteiger partial charge in [0.05, 0.1) is 6.21 Å². The lowest BCUT2D eigenvalue weighted by molar-refractivity contribution is 0.0955. The van der Waals surface area contributed by atoms with Gasteiger partial charge in [0.2, 0.25) is 0 Å². The number of hydrazone groups is 1. The third-order valence-electron chi connectivity index (χ3n) is 2.90. The van der Waals surface area contributed by atoms with E-state index >= 15 is 0 Å². The van der Waals surface area contributed by atoms with Crippen LogP contribution < -0.4 is 5.43 Å². The van der Waals surface area contributed by atoms with Crippen LogP contribution in [0, 0.1) is 19.7 Å². The van der Waals surface area contributed by atoms with Crippen LogP contribution in [0.1, 0.15) is 27.0 Å². The minimum Gasteiger partial charge on any atom is -0.267 e. The Morgan fingerprint density at radius 2 is 1.85 bits per heavy atom. The summed E-state index contributed by atoms with van der Waals surface area (Å²) in [7, 11) is 0. The second-order valence-corrected chi connectivity index (χ2v) is 4.57. The second-order valence-electron chi connectivity index (χ2n) is 4.57. The highest BCUT2D eigenvalue weighted by atomic mass is 19.1. The smallest absolute Gasteiger partial charge is 0.267 e. The number of benzene rings is 2. The van der Waals surface area contributed by atoms with Gasteiger partial charge in [-0.2, -0.15) is 5.10 Å². The molecule has 0 aromatic heterocycles. The number of nitrogens with one attached hydrogen (secondary N) is 1. The molecule has 3 nitrogen and oxygen atoms in total. The number of rotatable bonds is 3. The van der Waals surface area contributed by atoms with Crippen molar-refractivity contribution in [2.24, 2.45) is 5.10 Å². The number of carbonyl (C=O) groups is 1.